The molecule has 0 aliphatic carbocycles. The van der Waals surface area contributed by atoms with Gasteiger partial charge in [-0.1, -0.05) is 42.5 Å². The Morgan fingerprint density at radius 3 is 2.00 bits per heavy atom. The number of amides is 3. The standard InChI is InChI=1S/C24H28N2O5/c1-3-30-20(31-4-2)15-10-16-25-22(27)21(17-11-6-5-7-12-17)26-23(28)18-13-8-9-14-19(18)24(26)29/h5-9,11-14,20-21H,3-4,10,15-16H2,1-2H3,(H,25,27). The predicted molar refractivity (Wildman–Crippen MR) is 115 cm³/mol. The van der Waals surface area contributed by atoms with Gasteiger partial charge in [-0.2, -0.15) is 0 Å². The smallest absolute Gasteiger partial charge is 0.262 e. The van der Waals surface area contributed by atoms with E-state index in [4.69, 9.17) is 9.47 Å². The average molecular weight is 424 g/mol. The van der Waals surface area contributed by atoms with Gasteiger partial charge in [-0.25, -0.2) is 0 Å². The molecule has 0 aromatic heterocycles. The predicted octanol–water partition coefficient (Wildman–Crippen LogP) is 3.32. The SMILES string of the molecule is CCOC(CCCNC(=O)C(c1ccccc1)N1C(=O)c2ccccc2C1=O)OCC. The molecule has 1 aliphatic heterocycles. The van der Waals surface area contributed by atoms with Crippen molar-refractivity contribution in [2.45, 2.75) is 39.0 Å². The molecule has 1 unspecified atom stereocenters. The number of carbonyl (C=O) groups is 3. The molecule has 31 heavy (non-hydrogen) atoms. The molecule has 2 aromatic rings. The second-order valence-corrected chi connectivity index (χ2v) is 7.11. The van der Waals surface area contributed by atoms with Gasteiger partial charge < -0.3 is 14.8 Å². The van der Waals surface area contributed by atoms with Gasteiger partial charge in [-0.05, 0) is 38.0 Å². The van der Waals surface area contributed by atoms with Gasteiger partial charge in [0.2, 0.25) is 5.91 Å². The molecule has 1 atom stereocenters. The molecule has 0 spiro atoms. The fraction of sp³-hybridized carbons (Fsp3) is 0.375. The molecule has 0 saturated carbocycles. The highest BCUT2D eigenvalue weighted by Gasteiger charge is 2.43. The van der Waals surface area contributed by atoms with Crippen molar-refractivity contribution < 1.29 is 23.9 Å². The summed E-state index contributed by atoms with van der Waals surface area (Å²) in [5.41, 5.74) is 1.21. The van der Waals surface area contributed by atoms with Crippen LogP contribution in [0, 0.1) is 0 Å². The van der Waals surface area contributed by atoms with E-state index in [1.54, 1.807) is 48.5 Å². The highest BCUT2D eigenvalue weighted by molar-refractivity contribution is 6.22. The van der Waals surface area contributed by atoms with E-state index in [9.17, 15) is 14.4 Å². The number of nitrogens with zero attached hydrogens (tertiary/aromatic N) is 1. The highest BCUT2D eigenvalue weighted by atomic mass is 16.7. The van der Waals surface area contributed by atoms with E-state index in [1.165, 1.54) is 0 Å². The first-order chi connectivity index (χ1) is 15.1. The number of hydrogen-bond donors (Lipinski definition) is 1. The Labute approximate surface area is 182 Å². The molecule has 0 saturated heterocycles. The van der Waals surface area contributed by atoms with E-state index in [0.29, 0.717) is 49.3 Å². The molecule has 7 nitrogen and oxygen atoms in total. The van der Waals surface area contributed by atoms with Crippen molar-refractivity contribution in [2.75, 3.05) is 19.8 Å². The van der Waals surface area contributed by atoms with Gasteiger partial charge in [0.05, 0.1) is 11.1 Å². The van der Waals surface area contributed by atoms with Gasteiger partial charge in [-0.15, -0.1) is 0 Å². The van der Waals surface area contributed by atoms with Crippen LogP contribution in [0.5, 0.6) is 0 Å². The van der Waals surface area contributed by atoms with Crippen LogP contribution in [-0.4, -0.2) is 48.7 Å². The number of hydrogen-bond acceptors (Lipinski definition) is 5. The van der Waals surface area contributed by atoms with Crippen LogP contribution in [0.4, 0.5) is 0 Å². The second kappa shape index (κ2) is 10.8. The van der Waals surface area contributed by atoms with E-state index in [2.05, 4.69) is 5.32 Å². The highest BCUT2D eigenvalue weighted by Crippen LogP contribution is 2.31. The first-order valence-corrected chi connectivity index (χ1v) is 10.6. The zero-order chi connectivity index (χ0) is 22.2. The summed E-state index contributed by atoms with van der Waals surface area (Å²) in [7, 11) is 0. The fourth-order valence-electron chi connectivity index (χ4n) is 3.66. The molecule has 3 rings (SSSR count). The number of carbonyl (C=O) groups excluding carboxylic acids is 3. The molecular formula is C24H28N2O5. The van der Waals surface area contributed by atoms with E-state index in [0.717, 1.165) is 4.90 Å². The number of ether oxygens (including phenoxy) is 2. The second-order valence-electron chi connectivity index (χ2n) is 7.11. The Bertz CT molecular complexity index is 874. The maximum atomic E-state index is 13.1. The monoisotopic (exact) mass is 424 g/mol. The van der Waals surface area contributed by atoms with Gasteiger partial charge >= 0.3 is 0 Å². The minimum Gasteiger partial charge on any atom is -0.354 e. The first kappa shape index (κ1) is 22.7. The summed E-state index contributed by atoms with van der Waals surface area (Å²) < 4.78 is 11.0. The number of imide groups is 1. The van der Waals surface area contributed by atoms with E-state index in [1.807, 2.05) is 19.9 Å². The largest absolute Gasteiger partial charge is 0.354 e. The molecule has 2 aromatic carbocycles. The zero-order valence-electron chi connectivity index (χ0n) is 17.9. The van der Waals surface area contributed by atoms with Gasteiger partial charge in [-0.3, -0.25) is 19.3 Å². The van der Waals surface area contributed by atoms with Crippen LogP contribution >= 0.6 is 0 Å². The molecule has 7 heteroatoms. The lowest BCUT2D eigenvalue weighted by Crippen LogP contribution is -2.43. The lowest BCUT2D eigenvalue weighted by molar-refractivity contribution is -0.140. The average Bonchev–Trinajstić information content (AvgIpc) is 3.03. The molecule has 1 N–H and O–H groups in total. The molecule has 0 radical (unpaired) electrons. The normalized spacial score (nSPS) is 14.1. The maximum absolute atomic E-state index is 13.1. The van der Waals surface area contributed by atoms with Gasteiger partial charge in [0.25, 0.3) is 11.8 Å². The number of fused-ring (bicyclic) bond motifs is 1. The topological polar surface area (TPSA) is 84.9 Å². The van der Waals surface area contributed by atoms with Crippen LogP contribution in [0.25, 0.3) is 0 Å². The van der Waals surface area contributed by atoms with Crippen molar-refractivity contribution in [3.8, 4) is 0 Å². The Kier molecular flexibility index (Phi) is 7.92. The fourth-order valence-corrected chi connectivity index (χ4v) is 3.66. The van der Waals surface area contributed by atoms with E-state index >= 15 is 0 Å². The van der Waals surface area contributed by atoms with E-state index < -0.39 is 23.8 Å². The molecule has 3 amide bonds. The Balaban J connectivity index is 1.73. The van der Waals surface area contributed by atoms with Gasteiger partial charge in [0.15, 0.2) is 6.29 Å². The van der Waals surface area contributed by atoms with E-state index in [-0.39, 0.29) is 6.29 Å². The minimum absolute atomic E-state index is 0.312. The van der Waals surface area contributed by atoms with Gasteiger partial charge in [0.1, 0.15) is 6.04 Å². The maximum Gasteiger partial charge on any atom is 0.262 e. The minimum atomic E-state index is -1.04. The summed E-state index contributed by atoms with van der Waals surface area (Å²) in [6.07, 6.45) is 0.957. The summed E-state index contributed by atoms with van der Waals surface area (Å²) >= 11 is 0. The van der Waals surface area contributed by atoms with Crippen LogP contribution in [0.2, 0.25) is 0 Å². The molecule has 1 aliphatic rings. The van der Waals surface area contributed by atoms with Crippen LogP contribution in [0.3, 0.4) is 0 Å². The number of rotatable bonds is 11. The molecule has 0 bridgehead atoms. The van der Waals surface area contributed by atoms with Crippen molar-refractivity contribution in [1.29, 1.82) is 0 Å². The lowest BCUT2D eigenvalue weighted by Gasteiger charge is -2.26. The summed E-state index contributed by atoms with van der Waals surface area (Å²) in [5.74, 6) is -1.32. The van der Waals surface area contributed by atoms with Crippen LogP contribution in [-0.2, 0) is 14.3 Å². The zero-order valence-corrected chi connectivity index (χ0v) is 17.9. The van der Waals surface area contributed by atoms with Crippen molar-refractivity contribution in [1.82, 2.24) is 10.2 Å². The quantitative estimate of drug-likeness (QED) is 0.340. The summed E-state index contributed by atoms with van der Waals surface area (Å²) in [4.78, 5) is 40.2. The number of benzene rings is 2. The van der Waals surface area contributed by atoms with Crippen molar-refractivity contribution >= 4 is 17.7 Å². The Hall–Kier alpha value is -3.03. The molecular weight excluding hydrogens is 396 g/mol. The lowest BCUT2D eigenvalue weighted by atomic mass is 10.0. The molecule has 1 heterocycles. The van der Waals surface area contributed by atoms with Crippen molar-refractivity contribution in [3.63, 3.8) is 0 Å². The summed E-state index contributed by atoms with van der Waals surface area (Å²) in [6, 6.07) is 14.5. The summed E-state index contributed by atoms with van der Waals surface area (Å²) in [6.45, 7) is 5.28. The Morgan fingerprint density at radius 2 is 1.45 bits per heavy atom. The van der Waals surface area contributed by atoms with Crippen LogP contribution < -0.4 is 5.32 Å². The molecule has 0 fully saturated rings. The van der Waals surface area contributed by atoms with Gasteiger partial charge in [0, 0.05) is 26.2 Å². The van der Waals surface area contributed by atoms with Crippen LogP contribution in [0.15, 0.2) is 54.6 Å². The third-order valence-corrected chi connectivity index (χ3v) is 5.07. The Morgan fingerprint density at radius 1 is 0.903 bits per heavy atom. The summed E-state index contributed by atoms with van der Waals surface area (Å²) in [5, 5.41) is 2.87. The third kappa shape index (κ3) is 5.18. The number of nitrogens with one attached hydrogen (secondary N) is 1. The van der Waals surface area contributed by atoms with Crippen LogP contribution in [0.1, 0.15) is 59.0 Å². The molecule has 164 valence electrons. The van der Waals surface area contributed by atoms with Crippen molar-refractivity contribution in [2.24, 2.45) is 0 Å². The van der Waals surface area contributed by atoms with Crippen molar-refractivity contribution in [3.05, 3.63) is 71.3 Å². The first-order valence-electron chi connectivity index (χ1n) is 10.6. The third-order valence-electron chi connectivity index (χ3n) is 5.07.